The number of piperidine rings is 1. The fraction of sp³-hybridized carbons (Fsp3) is 0.391. The van der Waals surface area contributed by atoms with Crippen LogP contribution in [0.25, 0.3) is 0 Å². The third-order valence-electron chi connectivity index (χ3n) is 5.50. The molecule has 1 unspecified atom stereocenters. The molecular weight excluding hydrogens is 414 g/mol. The standard InChI is InChI=1S/C23H27N3O4S/c1-17-11-12-18(2)21(14-17)31(27,28)26-13-7-6-10-20(26)23-24-22(30-25-23)16-29-15-19-8-4-3-5-9-19/h3-5,8-9,11-12,14,20H,6-7,10,13,15-16H2,1-2H3. The van der Waals surface area contributed by atoms with E-state index in [-0.39, 0.29) is 6.61 Å². The summed E-state index contributed by atoms with van der Waals surface area (Å²) in [5.74, 6) is 0.743. The first-order chi connectivity index (χ1) is 14.9. The van der Waals surface area contributed by atoms with Crippen molar-refractivity contribution in [3.63, 3.8) is 0 Å². The van der Waals surface area contributed by atoms with Gasteiger partial charge in [0.2, 0.25) is 10.0 Å². The van der Waals surface area contributed by atoms with Gasteiger partial charge in [0, 0.05) is 6.54 Å². The molecule has 164 valence electrons. The van der Waals surface area contributed by atoms with Gasteiger partial charge in [-0.25, -0.2) is 8.42 Å². The molecule has 1 atom stereocenters. The molecule has 4 rings (SSSR count). The van der Waals surface area contributed by atoms with Crippen molar-refractivity contribution in [3.05, 3.63) is 76.9 Å². The smallest absolute Gasteiger partial charge is 0.252 e. The monoisotopic (exact) mass is 441 g/mol. The summed E-state index contributed by atoms with van der Waals surface area (Å²) < 4.78 is 39.5. The summed E-state index contributed by atoms with van der Waals surface area (Å²) in [6.07, 6.45) is 2.39. The summed E-state index contributed by atoms with van der Waals surface area (Å²) in [6.45, 7) is 4.77. The van der Waals surface area contributed by atoms with Crippen LogP contribution < -0.4 is 0 Å². The zero-order chi connectivity index (χ0) is 21.8. The number of hydrogen-bond donors (Lipinski definition) is 0. The van der Waals surface area contributed by atoms with E-state index in [9.17, 15) is 8.42 Å². The Balaban J connectivity index is 1.51. The number of sulfonamides is 1. The van der Waals surface area contributed by atoms with Crippen LogP contribution >= 0.6 is 0 Å². The molecule has 1 aliphatic rings. The van der Waals surface area contributed by atoms with Gasteiger partial charge in [0.25, 0.3) is 5.89 Å². The minimum Gasteiger partial charge on any atom is -0.367 e. The predicted octanol–water partition coefficient (Wildman–Crippen LogP) is 4.32. The lowest BCUT2D eigenvalue weighted by Crippen LogP contribution is -2.39. The van der Waals surface area contributed by atoms with Crippen LogP contribution in [0, 0.1) is 13.8 Å². The Morgan fingerprint density at radius 2 is 1.90 bits per heavy atom. The number of rotatable bonds is 7. The maximum Gasteiger partial charge on any atom is 0.252 e. The van der Waals surface area contributed by atoms with Gasteiger partial charge in [-0.1, -0.05) is 54.0 Å². The van der Waals surface area contributed by atoms with E-state index in [0.717, 1.165) is 29.5 Å². The number of aromatic nitrogens is 2. The fourth-order valence-electron chi connectivity index (χ4n) is 3.85. The molecule has 0 aliphatic carbocycles. The number of hydrogen-bond acceptors (Lipinski definition) is 6. The lowest BCUT2D eigenvalue weighted by molar-refractivity contribution is 0.0850. The van der Waals surface area contributed by atoms with E-state index in [1.165, 1.54) is 4.31 Å². The Morgan fingerprint density at radius 3 is 2.71 bits per heavy atom. The van der Waals surface area contributed by atoms with E-state index >= 15 is 0 Å². The van der Waals surface area contributed by atoms with Crippen molar-refractivity contribution in [2.75, 3.05) is 6.54 Å². The van der Waals surface area contributed by atoms with E-state index < -0.39 is 16.1 Å². The van der Waals surface area contributed by atoms with Crippen LogP contribution in [0.3, 0.4) is 0 Å². The molecule has 3 aromatic rings. The molecule has 7 nitrogen and oxygen atoms in total. The highest BCUT2D eigenvalue weighted by Gasteiger charge is 2.37. The molecule has 8 heteroatoms. The quantitative estimate of drug-likeness (QED) is 0.543. The lowest BCUT2D eigenvalue weighted by atomic mass is 10.0. The summed E-state index contributed by atoms with van der Waals surface area (Å²) in [7, 11) is -3.68. The molecule has 0 amide bonds. The maximum absolute atomic E-state index is 13.5. The SMILES string of the molecule is Cc1ccc(C)c(S(=O)(=O)N2CCCCC2c2noc(COCc3ccccc3)n2)c1. The second-order valence-corrected chi connectivity index (χ2v) is 9.78. The topological polar surface area (TPSA) is 85.5 Å². The molecule has 1 aliphatic heterocycles. The van der Waals surface area contributed by atoms with Crippen LogP contribution in [0.2, 0.25) is 0 Å². The molecule has 0 saturated carbocycles. The molecule has 2 heterocycles. The van der Waals surface area contributed by atoms with Crippen molar-refractivity contribution in [1.29, 1.82) is 0 Å². The summed E-state index contributed by atoms with van der Waals surface area (Å²) in [5, 5.41) is 4.09. The molecule has 1 aromatic heterocycles. The van der Waals surface area contributed by atoms with Crippen molar-refractivity contribution in [2.24, 2.45) is 0 Å². The molecule has 31 heavy (non-hydrogen) atoms. The molecule has 0 radical (unpaired) electrons. The van der Waals surface area contributed by atoms with Crippen LogP contribution in [-0.4, -0.2) is 29.4 Å². The van der Waals surface area contributed by atoms with Crippen LogP contribution in [0.1, 0.15) is 53.7 Å². The first-order valence-corrected chi connectivity index (χ1v) is 11.9. The molecule has 2 aromatic carbocycles. The number of nitrogens with zero attached hydrogens (tertiary/aromatic N) is 3. The zero-order valence-electron chi connectivity index (χ0n) is 17.8. The number of aryl methyl sites for hydroxylation is 2. The fourth-order valence-corrected chi connectivity index (χ4v) is 5.82. The number of ether oxygens (including phenoxy) is 1. The zero-order valence-corrected chi connectivity index (χ0v) is 18.6. The van der Waals surface area contributed by atoms with Gasteiger partial charge in [0.15, 0.2) is 5.82 Å². The van der Waals surface area contributed by atoms with Crippen LogP contribution in [0.5, 0.6) is 0 Å². The van der Waals surface area contributed by atoms with Gasteiger partial charge in [-0.15, -0.1) is 0 Å². The van der Waals surface area contributed by atoms with Gasteiger partial charge in [0.05, 0.1) is 17.5 Å². The van der Waals surface area contributed by atoms with Crippen LogP contribution in [-0.2, 0) is 28.0 Å². The molecular formula is C23H27N3O4S. The van der Waals surface area contributed by atoms with Crippen LogP contribution in [0.4, 0.5) is 0 Å². The predicted molar refractivity (Wildman–Crippen MR) is 116 cm³/mol. The molecule has 0 bridgehead atoms. The van der Waals surface area contributed by atoms with Crippen molar-refractivity contribution in [3.8, 4) is 0 Å². The molecule has 1 fully saturated rings. The second-order valence-electron chi connectivity index (χ2n) is 7.92. The van der Waals surface area contributed by atoms with Gasteiger partial charge in [0.1, 0.15) is 6.61 Å². The number of benzene rings is 2. The van der Waals surface area contributed by atoms with E-state index in [1.54, 1.807) is 6.07 Å². The van der Waals surface area contributed by atoms with Crippen molar-refractivity contribution < 1.29 is 17.7 Å². The normalized spacial score (nSPS) is 17.7. The lowest BCUT2D eigenvalue weighted by Gasteiger charge is -2.33. The molecule has 0 spiro atoms. The minimum absolute atomic E-state index is 0.179. The highest BCUT2D eigenvalue weighted by atomic mass is 32.2. The summed E-state index contributed by atoms with van der Waals surface area (Å²) in [4.78, 5) is 4.80. The second kappa shape index (κ2) is 9.30. The molecule has 1 saturated heterocycles. The Morgan fingerprint density at radius 1 is 1.10 bits per heavy atom. The largest absolute Gasteiger partial charge is 0.367 e. The van der Waals surface area contributed by atoms with Gasteiger partial charge in [-0.3, -0.25) is 0 Å². The van der Waals surface area contributed by atoms with Crippen molar-refractivity contribution >= 4 is 10.0 Å². The summed E-state index contributed by atoms with van der Waals surface area (Å²) in [6, 6.07) is 14.9. The maximum atomic E-state index is 13.5. The average Bonchev–Trinajstić information content (AvgIpc) is 3.25. The van der Waals surface area contributed by atoms with Gasteiger partial charge < -0.3 is 9.26 Å². The van der Waals surface area contributed by atoms with Crippen molar-refractivity contribution in [1.82, 2.24) is 14.4 Å². The van der Waals surface area contributed by atoms with Crippen LogP contribution in [0.15, 0.2) is 57.9 Å². The Hall–Kier alpha value is -2.55. The van der Waals surface area contributed by atoms with E-state index in [2.05, 4.69) is 10.1 Å². The van der Waals surface area contributed by atoms with Gasteiger partial charge >= 0.3 is 0 Å². The Kier molecular flexibility index (Phi) is 6.50. The Bertz CT molecular complexity index is 1130. The summed E-state index contributed by atoms with van der Waals surface area (Å²) >= 11 is 0. The van der Waals surface area contributed by atoms with E-state index in [4.69, 9.17) is 9.26 Å². The van der Waals surface area contributed by atoms with Crippen molar-refractivity contribution in [2.45, 2.75) is 57.3 Å². The summed E-state index contributed by atoms with van der Waals surface area (Å²) in [5.41, 5.74) is 2.70. The minimum atomic E-state index is -3.68. The average molecular weight is 442 g/mol. The molecule has 0 N–H and O–H groups in total. The first kappa shape index (κ1) is 21.7. The third kappa shape index (κ3) is 4.87. The third-order valence-corrected chi connectivity index (χ3v) is 7.55. The van der Waals surface area contributed by atoms with Gasteiger partial charge in [-0.2, -0.15) is 9.29 Å². The van der Waals surface area contributed by atoms with Gasteiger partial charge in [-0.05, 0) is 49.4 Å². The highest BCUT2D eigenvalue weighted by Crippen LogP contribution is 2.35. The highest BCUT2D eigenvalue weighted by molar-refractivity contribution is 7.89. The first-order valence-electron chi connectivity index (χ1n) is 10.5. The van der Waals surface area contributed by atoms with E-state index in [1.807, 2.05) is 56.3 Å². The van der Waals surface area contributed by atoms with E-state index in [0.29, 0.717) is 36.2 Å². The Labute approximate surface area is 183 Å².